The highest BCUT2D eigenvalue weighted by atomic mass is 79.9. The van der Waals surface area contributed by atoms with Crippen LogP contribution in [0, 0.1) is 0 Å². The fraction of sp³-hybridized carbons (Fsp3) is 0.462. The quantitative estimate of drug-likeness (QED) is 0.783. The van der Waals surface area contributed by atoms with Gasteiger partial charge in [0, 0.05) is 24.0 Å². The zero-order chi connectivity index (χ0) is 12.8. The largest absolute Gasteiger partial charge is 0.494 e. The Morgan fingerprint density at radius 2 is 2.00 bits per heavy atom. The van der Waals surface area contributed by atoms with Crippen LogP contribution in [0.4, 0.5) is 0 Å². The number of halogens is 1. The highest BCUT2D eigenvalue weighted by molar-refractivity contribution is 9.09. The van der Waals surface area contributed by atoms with Crippen LogP contribution in [0.25, 0.3) is 0 Å². The molecule has 1 atom stereocenters. The second-order valence-corrected chi connectivity index (χ2v) is 5.49. The SMILES string of the molecule is CCOc1ccc(C(=O)N(C)CC(C)Br)cc1. The van der Waals surface area contributed by atoms with Crippen LogP contribution in [0.3, 0.4) is 0 Å². The molecule has 0 aliphatic carbocycles. The maximum Gasteiger partial charge on any atom is 0.253 e. The first kappa shape index (κ1) is 14.0. The zero-order valence-electron chi connectivity index (χ0n) is 10.4. The number of benzene rings is 1. The van der Waals surface area contributed by atoms with Crippen molar-refractivity contribution in [3.8, 4) is 5.75 Å². The van der Waals surface area contributed by atoms with E-state index in [1.807, 2.05) is 26.0 Å². The molecule has 0 heterocycles. The molecule has 94 valence electrons. The van der Waals surface area contributed by atoms with E-state index < -0.39 is 0 Å². The van der Waals surface area contributed by atoms with Crippen LogP contribution in [-0.4, -0.2) is 35.8 Å². The molecule has 0 aliphatic heterocycles. The Bertz CT molecular complexity index is 362. The average Bonchev–Trinajstić information content (AvgIpc) is 2.28. The van der Waals surface area contributed by atoms with Gasteiger partial charge in [-0.05, 0) is 31.2 Å². The van der Waals surface area contributed by atoms with Gasteiger partial charge in [-0.25, -0.2) is 0 Å². The van der Waals surface area contributed by atoms with Crippen LogP contribution in [0.1, 0.15) is 24.2 Å². The molecule has 1 aromatic carbocycles. The molecule has 0 fully saturated rings. The number of carbonyl (C=O) groups excluding carboxylic acids is 1. The first-order chi connectivity index (χ1) is 8.04. The molecule has 1 aromatic rings. The molecule has 0 aromatic heterocycles. The third kappa shape index (κ3) is 4.38. The van der Waals surface area contributed by atoms with E-state index in [1.54, 1.807) is 24.1 Å². The van der Waals surface area contributed by atoms with Gasteiger partial charge in [0.1, 0.15) is 5.75 Å². The van der Waals surface area contributed by atoms with Gasteiger partial charge in [0.15, 0.2) is 0 Å². The minimum absolute atomic E-state index is 0.0272. The second kappa shape index (κ2) is 6.64. The minimum atomic E-state index is 0.0272. The number of alkyl halides is 1. The van der Waals surface area contributed by atoms with Crippen LogP contribution in [-0.2, 0) is 0 Å². The summed E-state index contributed by atoms with van der Waals surface area (Å²) in [4.78, 5) is 14.0. The van der Waals surface area contributed by atoms with Crippen LogP contribution in [0.5, 0.6) is 5.75 Å². The normalized spacial score (nSPS) is 12.0. The molecule has 0 saturated heterocycles. The number of ether oxygens (including phenoxy) is 1. The summed E-state index contributed by atoms with van der Waals surface area (Å²) in [5, 5.41) is 0. The summed E-state index contributed by atoms with van der Waals surface area (Å²) in [5.41, 5.74) is 0.684. The van der Waals surface area contributed by atoms with Crippen molar-refractivity contribution in [2.75, 3.05) is 20.2 Å². The fourth-order valence-electron chi connectivity index (χ4n) is 1.54. The zero-order valence-corrected chi connectivity index (χ0v) is 12.0. The van der Waals surface area contributed by atoms with Gasteiger partial charge in [0.25, 0.3) is 5.91 Å². The Balaban J connectivity index is 2.69. The number of rotatable bonds is 5. The summed E-state index contributed by atoms with van der Waals surface area (Å²) in [5.74, 6) is 0.819. The summed E-state index contributed by atoms with van der Waals surface area (Å²) in [6.45, 7) is 5.27. The van der Waals surface area contributed by atoms with Gasteiger partial charge in [-0.15, -0.1) is 0 Å². The first-order valence-corrected chi connectivity index (χ1v) is 6.58. The van der Waals surface area contributed by atoms with Gasteiger partial charge in [-0.1, -0.05) is 22.9 Å². The average molecular weight is 300 g/mol. The van der Waals surface area contributed by atoms with Crippen LogP contribution in [0.2, 0.25) is 0 Å². The van der Waals surface area contributed by atoms with E-state index in [9.17, 15) is 4.79 Å². The van der Waals surface area contributed by atoms with Crippen molar-refractivity contribution in [1.29, 1.82) is 0 Å². The highest BCUT2D eigenvalue weighted by Gasteiger charge is 2.12. The maximum atomic E-state index is 12.0. The molecule has 0 saturated carbocycles. The lowest BCUT2D eigenvalue weighted by Gasteiger charge is -2.18. The summed E-state index contributed by atoms with van der Waals surface area (Å²) in [6.07, 6.45) is 0. The van der Waals surface area contributed by atoms with E-state index in [0.29, 0.717) is 23.5 Å². The van der Waals surface area contributed by atoms with E-state index in [0.717, 1.165) is 5.75 Å². The molecule has 3 nitrogen and oxygen atoms in total. The topological polar surface area (TPSA) is 29.5 Å². The lowest BCUT2D eigenvalue weighted by molar-refractivity contribution is 0.0797. The van der Waals surface area contributed by atoms with Crippen molar-refractivity contribution in [2.24, 2.45) is 0 Å². The summed E-state index contributed by atoms with van der Waals surface area (Å²) < 4.78 is 5.33. The Hall–Kier alpha value is -1.03. The Labute approximate surface area is 111 Å². The Kier molecular flexibility index (Phi) is 5.48. The minimum Gasteiger partial charge on any atom is -0.494 e. The van der Waals surface area contributed by atoms with Gasteiger partial charge < -0.3 is 9.64 Å². The van der Waals surface area contributed by atoms with E-state index in [4.69, 9.17) is 4.74 Å². The van der Waals surface area contributed by atoms with Gasteiger partial charge in [-0.2, -0.15) is 0 Å². The van der Waals surface area contributed by atoms with Crippen molar-refractivity contribution in [2.45, 2.75) is 18.7 Å². The molecule has 17 heavy (non-hydrogen) atoms. The van der Waals surface area contributed by atoms with Crippen molar-refractivity contribution >= 4 is 21.8 Å². The van der Waals surface area contributed by atoms with Gasteiger partial charge >= 0.3 is 0 Å². The van der Waals surface area contributed by atoms with Crippen molar-refractivity contribution in [3.63, 3.8) is 0 Å². The second-order valence-electron chi connectivity index (χ2n) is 3.92. The smallest absolute Gasteiger partial charge is 0.253 e. The standard InChI is InChI=1S/C13H18BrNO2/c1-4-17-12-7-5-11(6-8-12)13(16)15(3)9-10(2)14/h5-8,10H,4,9H2,1-3H3. The first-order valence-electron chi connectivity index (χ1n) is 5.67. The van der Waals surface area contributed by atoms with E-state index >= 15 is 0 Å². The molecule has 0 bridgehead atoms. The Morgan fingerprint density at radius 3 is 2.47 bits per heavy atom. The molecule has 0 aliphatic rings. The highest BCUT2D eigenvalue weighted by Crippen LogP contribution is 2.13. The van der Waals surface area contributed by atoms with Crippen molar-refractivity contribution in [1.82, 2.24) is 4.90 Å². The third-order valence-electron chi connectivity index (χ3n) is 2.28. The van der Waals surface area contributed by atoms with Crippen molar-refractivity contribution < 1.29 is 9.53 Å². The molecular weight excluding hydrogens is 282 g/mol. The van der Waals surface area contributed by atoms with Crippen LogP contribution >= 0.6 is 15.9 Å². The lowest BCUT2D eigenvalue weighted by Crippen LogP contribution is -2.31. The lowest BCUT2D eigenvalue weighted by atomic mass is 10.2. The Morgan fingerprint density at radius 1 is 1.41 bits per heavy atom. The molecule has 1 unspecified atom stereocenters. The number of carbonyl (C=O) groups is 1. The van der Waals surface area contributed by atoms with E-state index in [1.165, 1.54) is 0 Å². The molecule has 0 spiro atoms. The van der Waals surface area contributed by atoms with Crippen molar-refractivity contribution in [3.05, 3.63) is 29.8 Å². The van der Waals surface area contributed by atoms with Crippen LogP contribution < -0.4 is 4.74 Å². The van der Waals surface area contributed by atoms with E-state index in [2.05, 4.69) is 15.9 Å². The molecule has 1 amide bonds. The number of amides is 1. The molecule has 1 rings (SSSR count). The molecular formula is C13H18BrNO2. The predicted octanol–water partition coefficient (Wildman–Crippen LogP) is 2.94. The van der Waals surface area contributed by atoms with Gasteiger partial charge in [0.05, 0.1) is 6.61 Å². The third-order valence-corrected chi connectivity index (χ3v) is 2.57. The molecule has 0 radical (unpaired) electrons. The number of hydrogen-bond donors (Lipinski definition) is 0. The van der Waals surface area contributed by atoms with Gasteiger partial charge in [0.2, 0.25) is 0 Å². The van der Waals surface area contributed by atoms with Gasteiger partial charge in [-0.3, -0.25) is 4.79 Å². The predicted molar refractivity (Wildman–Crippen MR) is 73.0 cm³/mol. The summed E-state index contributed by atoms with van der Waals surface area (Å²) >= 11 is 3.43. The fourth-order valence-corrected chi connectivity index (χ4v) is 1.98. The number of nitrogens with zero attached hydrogens (tertiary/aromatic N) is 1. The molecule has 4 heteroatoms. The summed E-state index contributed by atoms with van der Waals surface area (Å²) in [7, 11) is 1.80. The van der Waals surface area contributed by atoms with E-state index in [-0.39, 0.29) is 5.91 Å². The maximum absolute atomic E-state index is 12.0. The number of hydrogen-bond acceptors (Lipinski definition) is 2. The monoisotopic (exact) mass is 299 g/mol. The van der Waals surface area contributed by atoms with Crippen LogP contribution in [0.15, 0.2) is 24.3 Å². The molecule has 0 N–H and O–H groups in total. The summed E-state index contributed by atoms with van der Waals surface area (Å²) in [6, 6.07) is 7.23.